The standard InChI is InChI=1S/C23H24F2N2O4/c1-14(28)21-9-15-3-2-4-22(23(15)26-21)30-13-16(29)11-27-8-7-18(12-27)31-17-5-6-19(24)20(25)10-17/h2-6,9-10,16,18,26,29H,7-8,11-13H2,1H3. The second kappa shape index (κ2) is 9.03. The first kappa shape index (κ1) is 21.3. The van der Waals surface area contributed by atoms with Crippen LogP contribution in [-0.2, 0) is 0 Å². The number of rotatable bonds is 8. The number of aliphatic hydroxyl groups is 1. The molecule has 0 radical (unpaired) electrons. The molecule has 4 rings (SSSR count). The van der Waals surface area contributed by atoms with Crippen LogP contribution in [0.15, 0.2) is 42.5 Å². The number of aromatic nitrogens is 1. The average molecular weight is 430 g/mol. The molecule has 164 valence electrons. The van der Waals surface area contributed by atoms with Crippen LogP contribution in [0.3, 0.4) is 0 Å². The number of aliphatic hydroxyl groups excluding tert-OH is 1. The molecule has 0 aliphatic carbocycles. The van der Waals surface area contributed by atoms with Gasteiger partial charge in [0.1, 0.15) is 30.3 Å². The van der Waals surface area contributed by atoms with Crippen LogP contribution in [-0.4, -0.2) is 59.2 Å². The first-order chi connectivity index (χ1) is 14.9. The van der Waals surface area contributed by atoms with Gasteiger partial charge in [0.25, 0.3) is 0 Å². The number of H-pyrrole nitrogens is 1. The summed E-state index contributed by atoms with van der Waals surface area (Å²) in [6.45, 7) is 3.29. The van der Waals surface area contributed by atoms with Crippen LogP contribution in [0.1, 0.15) is 23.8 Å². The summed E-state index contributed by atoms with van der Waals surface area (Å²) < 4.78 is 37.9. The number of halogens is 2. The Morgan fingerprint density at radius 2 is 2.10 bits per heavy atom. The number of likely N-dealkylation sites (tertiary alicyclic amines) is 1. The van der Waals surface area contributed by atoms with Crippen molar-refractivity contribution >= 4 is 16.7 Å². The second-order valence-corrected chi connectivity index (χ2v) is 7.79. The predicted octanol–water partition coefficient (Wildman–Crippen LogP) is 3.54. The number of benzene rings is 2. The molecule has 0 bridgehead atoms. The highest BCUT2D eigenvalue weighted by molar-refractivity contribution is 5.99. The van der Waals surface area contributed by atoms with Crippen molar-refractivity contribution in [2.75, 3.05) is 26.2 Å². The van der Waals surface area contributed by atoms with E-state index in [1.807, 2.05) is 17.0 Å². The van der Waals surface area contributed by atoms with E-state index in [1.165, 1.54) is 13.0 Å². The quantitative estimate of drug-likeness (QED) is 0.535. The van der Waals surface area contributed by atoms with Gasteiger partial charge in [0, 0.05) is 38.0 Å². The predicted molar refractivity (Wildman–Crippen MR) is 112 cm³/mol. The molecule has 1 aliphatic heterocycles. The molecule has 2 heterocycles. The van der Waals surface area contributed by atoms with Gasteiger partial charge in [-0.2, -0.15) is 0 Å². The molecule has 2 unspecified atom stereocenters. The lowest BCUT2D eigenvalue weighted by Gasteiger charge is -2.20. The maximum absolute atomic E-state index is 13.3. The number of fused-ring (bicyclic) bond motifs is 1. The van der Waals surface area contributed by atoms with Crippen LogP contribution in [0.25, 0.3) is 10.9 Å². The lowest BCUT2D eigenvalue weighted by molar-refractivity contribution is 0.0724. The van der Waals surface area contributed by atoms with Crippen molar-refractivity contribution in [2.45, 2.75) is 25.6 Å². The van der Waals surface area contributed by atoms with Gasteiger partial charge in [0.2, 0.25) is 0 Å². The minimum atomic E-state index is -0.938. The number of Topliss-reactive ketones (excluding diaryl/α,β-unsaturated/α-hetero) is 1. The first-order valence-corrected chi connectivity index (χ1v) is 10.2. The summed E-state index contributed by atoms with van der Waals surface area (Å²) in [5.41, 5.74) is 1.23. The van der Waals surface area contributed by atoms with E-state index in [1.54, 1.807) is 12.1 Å². The normalized spacial score (nSPS) is 17.7. The zero-order valence-electron chi connectivity index (χ0n) is 17.1. The maximum Gasteiger partial charge on any atom is 0.175 e. The van der Waals surface area contributed by atoms with Crippen LogP contribution in [0, 0.1) is 11.6 Å². The Morgan fingerprint density at radius 1 is 1.26 bits per heavy atom. The molecule has 0 spiro atoms. The summed E-state index contributed by atoms with van der Waals surface area (Å²) >= 11 is 0. The van der Waals surface area contributed by atoms with Crippen molar-refractivity contribution in [2.24, 2.45) is 0 Å². The molecule has 6 nitrogen and oxygen atoms in total. The number of hydrogen-bond donors (Lipinski definition) is 2. The molecule has 8 heteroatoms. The van der Waals surface area contributed by atoms with E-state index >= 15 is 0 Å². The molecular weight excluding hydrogens is 406 g/mol. The van der Waals surface area contributed by atoms with Crippen LogP contribution < -0.4 is 9.47 Å². The van der Waals surface area contributed by atoms with Crippen molar-refractivity contribution in [1.29, 1.82) is 0 Å². The molecule has 1 saturated heterocycles. The number of carbonyl (C=O) groups is 1. The fraction of sp³-hybridized carbons (Fsp3) is 0.348. The summed E-state index contributed by atoms with van der Waals surface area (Å²) in [6, 6.07) is 10.8. The van der Waals surface area contributed by atoms with Crippen molar-refractivity contribution in [3.05, 3.63) is 59.8 Å². The van der Waals surface area contributed by atoms with Crippen LogP contribution in [0.5, 0.6) is 11.5 Å². The highest BCUT2D eigenvalue weighted by Crippen LogP contribution is 2.26. The van der Waals surface area contributed by atoms with E-state index in [0.29, 0.717) is 30.3 Å². The number of para-hydroxylation sites is 1. The summed E-state index contributed by atoms with van der Waals surface area (Å²) in [4.78, 5) is 16.7. The SMILES string of the molecule is CC(=O)c1cc2cccc(OCC(O)CN3CCC(Oc4ccc(F)c(F)c4)C3)c2[nH]1. The van der Waals surface area contributed by atoms with Crippen LogP contribution >= 0.6 is 0 Å². The average Bonchev–Trinajstić information content (AvgIpc) is 3.36. The van der Waals surface area contributed by atoms with Gasteiger partial charge in [-0.25, -0.2) is 8.78 Å². The molecule has 1 aliphatic rings. The molecular formula is C23H24F2N2O4. The van der Waals surface area contributed by atoms with E-state index in [-0.39, 0.29) is 18.5 Å². The third-order valence-electron chi connectivity index (χ3n) is 5.32. The number of nitrogens with zero attached hydrogens (tertiary/aromatic N) is 1. The Bertz CT molecular complexity index is 1080. The Labute approximate surface area is 178 Å². The zero-order chi connectivity index (χ0) is 22.0. The summed E-state index contributed by atoms with van der Waals surface area (Å²) in [5.74, 6) is -1.04. The van der Waals surface area contributed by atoms with E-state index in [4.69, 9.17) is 9.47 Å². The minimum absolute atomic E-state index is 0.0589. The second-order valence-electron chi connectivity index (χ2n) is 7.79. The Morgan fingerprint density at radius 3 is 2.87 bits per heavy atom. The zero-order valence-corrected chi connectivity index (χ0v) is 17.1. The van der Waals surface area contributed by atoms with Gasteiger partial charge < -0.3 is 19.6 Å². The molecule has 1 fully saturated rings. The van der Waals surface area contributed by atoms with E-state index in [2.05, 4.69) is 4.98 Å². The van der Waals surface area contributed by atoms with Crippen LogP contribution in [0.4, 0.5) is 8.78 Å². The van der Waals surface area contributed by atoms with Crippen molar-refractivity contribution in [3.63, 3.8) is 0 Å². The minimum Gasteiger partial charge on any atom is -0.489 e. The van der Waals surface area contributed by atoms with E-state index < -0.39 is 17.7 Å². The van der Waals surface area contributed by atoms with Crippen molar-refractivity contribution < 1.29 is 28.2 Å². The summed E-state index contributed by atoms with van der Waals surface area (Å²) in [6.07, 6.45) is -0.155. The van der Waals surface area contributed by atoms with Gasteiger partial charge in [-0.15, -0.1) is 0 Å². The molecule has 31 heavy (non-hydrogen) atoms. The number of carbonyl (C=O) groups excluding carboxylic acids is 1. The molecule has 3 aromatic rings. The third kappa shape index (κ3) is 5.03. The van der Waals surface area contributed by atoms with Crippen molar-refractivity contribution in [3.8, 4) is 11.5 Å². The topological polar surface area (TPSA) is 74.8 Å². The number of ether oxygens (including phenoxy) is 2. The fourth-order valence-corrected chi connectivity index (χ4v) is 3.78. The van der Waals surface area contributed by atoms with Gasteiger partial charge in [-0.3, -0.25) is 9.69 Å². The molecule has 2 N–H and O–H groups in total. The number of aromatic amines is 1. The first-order valence-electron chi connectivity index (χ1n) is 10.2. The molecule has 1 aromatic heterocycles. The molecule has 0 amide bonds. The van der Waals surface area contributed by atoms with Gasteiger partial charge in [0.05, 0.1) is 11.2 Å². The Hall–Kier alpha value is -2.97. The Balaban J connectivity index is 1.28. The van der Waals surface area contributed by atoms with E-state index in [0.717, 1.165) is 36.0 Å². The third-order valence-corrected chi connectivity index (χ3v) is 5.32. The van der Waals surface area contributed by atoms with E-state index in [9.17, 15) is 18.7 Å². The highest BCUT2D eigenvalue weighted by Gasteiger charge is 2.26. The van der Waals surface area contributed by atoms with Gasteiger partial charge in [0.15, 0.2) is 17.4 Å². The van der Waals surface area contributed by atoms with Gasteiger partial charge in [-0.05, 0) is 30.7 Å². The van der Waals surface area contributed by atoms with Crippen LogP contribution in [0.2, 0.25) is 0 Å². The number of nitrogens with one attached hydrogen (secondary N) is 1. The Kier molecular flexibility index (Phi) is 6.20. The number of β-amino-alcohol motifs (C(OH)–C–C–N with tert-alkyl or cyclic N) is 1. The molecule has 2 atom stereocenters. The number of hydrogen-bond acceptors (Lipinski definition) is 5. The lowest BCUT2D eigenvalue weighted by Crippen LogP contribution is -2.35. The smallest absolute Gasteiger partial charge is 0.175 e. The number of ketones is 1. The summed E-state index contributed by atoms with van der Waals surface area (Å²) in [7, 11) is 0. The summed E-state index contributed by atoms with van der Waals surface area (Å²) in [5, 5.41) is 11.3. The monoisotopic (exact) mass is 430 g/mol. The molecule has 0 saturated carbocycles. The largest absolute Gasteiger partial charge is 0.489 e. The highest BCUT2D eigenvalue weighted by atomic mass is 19.2. The van der Waals surface area contributed by atoms with Crippen molar-refractivity contribution in [1.82, 2.24) is 9.88 Å². The molecule has 2 aromatic carbocycles. The maximum atomic E-state index is 13.3. The van der Waals surface area contributed by atoms with Gasteiger partial charge in [-0.1, -0.05) is 12.1 Å². The lowest BCUT2D eigenvalue weighted by atomic mass is 10.2. The van der Waals surface area contributed by atoms with Gasteiger partial charge >= 0.3 is 0 Å². The fourth-order valence-electron chi connectivity index (χ4n) is 3.78.